The average Bonchev–Trinajstić information content (AvgIpc) is 4.01. The van der Waals surface area contributed by atoms with Crippen LogP contribution in [-0.2, 0) is 0 Å². The van der Waals surface area contributed by atoms with Crippen molar-refractivity contribution in [2.75, 3.05) is 9.80 Å². The standard InChI is InChI=1S/C53H33N3O3/c1-3-16-37(17-4-1)55(39-28-29-49-43(31-39)41-20-9-11-23-47(41)57-49)40-32-44-52(59-53(54-44)36-27-26-34-14-7-8-15-35(34)30-36)46(33-40)56(38-18-5-2-6-19-38)45-22-13-25-50-51(45)42-21-10-12-24-48(42)58-50/h1-33H. The van der Waals surface area contributed by atoms with Gasteiger partial charge in [0, 0.05) is 38.8 Å². The van der Waals surface area contributed by atoms with Crippen molar-refractivity contribution in [3.63, 3.8) is 0 Å². The van der Waals surface area contributed by atoms with Crippen LogP contribution in [0.25, 0.3) is 77.2 Å². The molecule has 0 radical (unpaired) electrons. The van der Waals surface area contributed by atoms with Crippen LogP contribution in [0.3, 0.4) is 0 Å². The molecule has 6 heteroatoms. The van der Waals surface area contributed by atoms with E-state index in [-0.39, 0.29) is 0 Å². The number of nitrogens with zero attached hydrogens (tertiary/aromatic N) is 3. The first-order chi connectivity index (χ1) is 29.2. The van der Waals surface area contributed by atoms with Crippen molar-refractivity contribution in [2.45, 2.75) is 0 Å². The number of oxazole rings is 1. The summed E-state index contributed by atoms with van der Waals surface area (Å²) in [5, 5.41) is 6.44. The number of rotatable bonds is 7. The van der Waals surface area contributed by atoms with Gasteiger partial charge in [-0.1, -0.05) is 109 Å². The van der Waals surface area contributed by atoms with Gasteiger partial charge in [-0.2, -0.15) is 0 Å². The van der Waals surface area contributed by atoms with Gasteiger partial charge in [0.2, 0.25) is 5.89 Å². The van der Waals surface area contributed by atoms with Gasteiger partial charge in [-0.3, -0.25) is 0 Å². The summed E-state index contributed by atoms with van der Waals surface area (Å²) in [6, 6.07) is 69.0. The van der Waals surface area contributed by atoms with E-state index in [1.807, 2.05) is 42.5 Å². The zero-order valence-corrected chi connectivity index (χ0v) is 31.6. The van der Waals surface area contributed by atoms with Crippen molar-refractivity contribution in [2.24, 2.45) is 0 Å². The third kappa shape index (κ3) is 5.46. The molecule has 0 spiro atoms. The lowest BCUT2D eigenvalue weighted by Gasteiger charge is -2.29. The largest absolute Gasteiger partial charge is 0.456 e. The highest BCUT2D eigenvalue weighted by molar-refractivity contribution is 6.15. The smallest absolute Gasteiger partial charge is 0.227 e. The van der Waals surface area contributed by atoms with E-state index in [2.05, 4.69) is 168 Å². The van der Waals surface area contributed by atoms with Gasteiger partial charge in [0.1, 0.15) is 27.8 Å². The number of hydrogen-bond donors (Lipinski definition) is 0. The van der Waals surface area contributed by atoms with Gasteiger partial charge in [0.05, 0.1) is 22.4 Å². The Labute approximate surface area is 338 Å². The second kappa shape index (κ2) is 13.3. The van der Waals surface area contributed by atoms with Gasteiger partial charge in [-0.25, -0.2) is 4.98 Å². The van der Waals surface area contributed by atoms with Gasteiger partial charge in [0.25, 0.3) is 0 Å². The van der Waals surface area contributed by atoms with E-state index < -0.39 is 0 Å². The minimum absolute atomic E-state index is 0.543. The molecule has 0 amide bonds. The number of furan rings is 2. The van der Waals surface area contributed by atoms with E-state index >= 15 is 0 Å². The number of para-hydroxylation sites is 4. The van der Waals surface area contributed by atoms with Crippen molar-refractivity contribution in [1.29, 1.82) is 0 Å². The summed E-state index contributed by atoms with van der Waals surface area (Å²) in [6.07, 6.45) is 0. The molecule has 12 rings (SSSR count). The third-order valence-electron chi connectivity index (χ3n) is 11.2. The maximum atomic E-state index is 6.97. The minimum atomic E-state index is 0.543. The molecular formula is C53H33N3O3. The molecule has 12 aromatic rings. The van der Waals surface area contributed by atoms with Crippen LogP contribution >= 0.6 is 0 Å². The summed E-state index contributed by atoms with van der Waals surface area (Å²) in [6.45, 7) is 0. The van der Waals surface area contributed by atoms with E-state index in [1.54, 1.807) is 0 Å². The monoisotopic (exact) mass is 759 g/mol. The molecule has 0 fully saturated rings. The Morgan fingerprint density at radius 2 is 1.00 bits per heavy atom. The van der Waals surface area contributed by atoms with Gasteiger partial charge in [-0.15, -0.1) is 0 Å². The highest BCUT2D eigenvalue weighted by atomic mass is 16.4. The van der Waals surface area contributed by atoms with Crippen LogP contribution in [0.15, 0.2) is 213 Å². The first-order valence-corrected chi connectivity index (χ1v) is 19.7. The molecule has 3 aromatic heterocycles. The SMILES string of the molecule is c1ccc(N(c2cc(N(c3ccccc3)c3cccc4oc5ccccc5c34)c3oc(-c4ccc5ccccc5c4)nc3c2)c2ccc3oc4ccccc4c3c2)cc1. The van der Waals surface area contributed by atoms with Crippen LogP contribution in [0.1, 0.15) is 0 Å². The summed E-state index contributed by atoms with van der Waals surface area (Å²) in [4.78, 5) is 9.84. The molecule has 0 unspecified atom stereocenters. The molecule has 0 N–H and O–H groups in total. The average molecular weight is 760 g/mol. The number of aromatic nitrogens is 1. The first kappa shape index (κ1) is 33.1. The zero-order valence-electron chi connectivity index (χ0n) is 31.6. The molecule has 59 heavy (non-hydrogen) atoms. The third-order valence-corrected chi connectivity index (χ3v) is 11.2. The lowest BCUT2D eigenvalue weighted by molar-refractivity contribution is 0.620. The van der Waals surface area contributed by atoms with Crippen LogP contribution in [0.5, 0.6) is 0 Å². The van der Waals surface area contributed by atoms with Crippen LogP contribution in [0.4, 0.5) is 34.1 Å². The number of anilines is 6. The summed E-state index contributed by atoms with van der Waals surface area (Å²) in [5.41, 5.74) is 11.3. The van der Waals surface area contributed by atoms with Gasteiger partial charge < -0.3 is 23.1 Å². The molecule has 0 saturated heterocycles. The Balaban J connectivity index is 1.16. The van der Waals surface area contributed by atoms with E-state index in [1.165, 1.54) is 0 Å². The van der Waals surface area contributed by atoms with Crippen molar-refractivity contribution in [3.8, 4) is 11.5 Å². The van der Waals surface area contributed by atoms with Gasteiger partial charge in [-0.05, 0) is 102 Å². The molecule has 0 bridgehead atoms. The van der Waals surface area contributed by atoms with Crippen molar-refractivity contribution in [3.05, 3.63) is 200 Å². The summed E-state index contributed by atoms with van der Waals surface area (Å²) in [5.74, 6) is 0.543. The molecule has 0 aliphatic heterocycles. The molecule has 278 valence electrons. The quantitative estimate of drug-likeness (QED) is 0.161. The molecule has 0 aliphatic rings. The lowest BCUT2D eigenvalue weighted by atomic mass is 10.1. The predicted molar refractivity (Wildman–Crippen MR) is 241 cm³/mol. The predicted octanol–water partition coefficient (Wildman–Crippen LogP) is 15.4. The molecule has 3 heterocycles. The van der Waals surface area contributed by atoms with Crippen molar-refractivity contribution in [1.82, 2.24) is 4.98 Å². The molecular weight excluding hydrogens is 727 g/mol. The number of benzene rings is 9. The molecule has 0 saturated carbocycles. The molecule has 6 nitrogen and oxygen atoms in total. The summed E-state index contributed by atoms with van der Waals surface area (Å²) < 4.78 is 19.7. The maximum absolute atomic E-state index is 6.97. The van der Waals surface area contributed by atoms with Crippen LogP contribution in [-0.4, -0.2) is 4.98 Å². The second-order valence-corrected chi connectivity index (χ2v) is 14.8. The Morgan fingerprint density at radius 3 is 1.81 bits per heavy atom. The fraction of sp³-hybridized carbons (Fsp3) is 0. The van der Waals surface area contributed by atoms with Crippen molar-refractivity contribution < 1.29 is 13.3 Å². The molecule has 9 aromatic carbocycles. The molecule has 0 aliphatic carbocycles. The fourth-order valence-corrected chi connectivity index (χ4v) is 8.55. The number of hydrogen-bond acceptors (Lipinski definition) is 6. The van der Waals surface area contributed by atoms with Crippen LogP contribution in [0, 0.1) is 0 Å². The second-order valence-electron chi connectivity index (χ2n) is 14.8. The zero-order chi connectivity index (χ0) is 38.9. The van der Waals surface area contributed by atoms with E-state index in [0.717, 1.165) is 99.9 Å². The van der Waals surface area contributed by atoms with E-state index in [9.17, 15) is 0 Å². The Morgan fingerprint density at radius 1 is 0.356 bits per heavy atom. The highest BCUT2D eigenvalue weighted by Crippen LogP contribution is 2.49. The summed E-state index contributed by atoms with van der Waals surface area (Å²) in [7, 11) is 0. The maximum Gasteiger partial charge on any atom is 0.227 e. The van der Waals surface area contributed by atoms with E-state index in [4.69, 9.17) is 18.2 Å². The fourth-order valence-electron chi connectivity index (χ4n) is 8.55. The Bertz CT molecular complexity index is 3530. The first-order valence-electron chi connectivity index (χ1n) is 19.7. The van der Waals surface area contributed by atoms with E-state index in [0.29, 0.717) is 11.5 Å². The van der Waals surface area contributed by atoms with Gasteiger partial charge in [0.15, 0.2) is 5.58 Å². The normalized spacial score (nSPS) is 11.7. The number of fused-ring (bicyclic) bond motifs is 8. The Kier molecular flexibility index (Phi) is 7.43. The topological polar surface area (TPSA) is 58.8 Å². The van der Waals surface area contributed by atoms with Crippen LogP contribution < -0.4 is 9.80 Å². The Hall–Kier alpha value is -8.09. The van der Waals surface area contributed by atoms with Crippen molar-refractivity contribution >= 4 is 99.9 Å². The summed E-state index contributed by atoms with van der Waals surface area (Å²) >= 11 is 0. The van der Waals surface area contributed by atoms with Crippen LogP contribution in [0.2, 0.25) is 0 Å². The minimum Gasteiger partial charge on any atom is -0.456 e. The van der Waals surface area contributed by atoms with Gasteiger partial charge >= 0.3 is 0 Å². The lowest BCUT2D eigenvalue weighted by Crippen LogP contribution is -2.14. The highest BCUT2D eigenvalue weighted by Gasteiger charge is 2.26. The molecule has 0 atom stereocenters.